The number of nitrogens with one attached hydrogen (secondary N) is 2. The van der Waals surface area contributed by atoms with Crippen LogP contribution in [0.2, 0.25) is 0 Å². The van der Waals surface area contributed by atoms with E-state index < -0.39 is 0 Å². The van der Waals surface area contributed by atoms with E-state index in [2.05, 4.69) is 28.8 Å². The van der Waals surface area contributed by atoms with E-state index in [1.807, 2.05) is 54.6 Å². The lowest BCUT2D eigenvalue weighted by Gasteiger charge is -2.28. The monoisotopic (exact) mass is 402 g/mol. The molecule has 3 aromatic rings. The lowest BCUT2D eigenvalue weighted by Crippen LogP contribution is -2.39. The molecule has 0 spiro atoms. The lowest BCUT2D eigenvalue weighted by molar-refractivity contribution is -0.114. The minimum Gasteiger partial charge on any atom is -0.486 e. The number of para-hydroxylation sites is 1. The third kappa shape index (κ3) is 4.99. The third-order valence-corrected chi connectivity index (χ3v) is 5.01. The molecule has 4 rings (SSSR count). The third-order valence-electron chi connectivity index (χ3n) is 5.01. The Balaban J connectivity index is 1.30. The van der Waals surface area contributed by atoms with Gasteiger partial charge in [-0.15, -0.1) is 0 Å². The predicted octanol–water partition coefficient (Wildman–Crippen LogP) is 4.28. The van der Waals surface area contributed by atoms with Crippen molar-refractivity contribution in [3.8, 4) is 22.6 Å². The summed E-state index contributed by atoms with van der Waals surface area (Å²) < 4.78 is 12.3. The van der Waals surface area contributed by atoms with Crippen molar-refractivity contribution in [3.63, 3.8) is 0 Å². The highest BCUT2D eigenvalue weighted by Gasteiger charge is 2.23. The summed E-state index contributed by atoms with van der Waals surface area (Å²) >= 11 is 0. The normalized spacial score (nSPS) is 14.9. The molecule has 1 aliphatic heterocycles. The average Bonchev–Trinajstić information content (AvgIpc) is 2.77. The molecule has 1 amide bonds. The largest absolute Gasteiger partial charge is 0.486 e. The first-order chi connectivity index (χ1) is 14.7. The van der Waals surface area contributed by atoms with Crippen molar-refractivity contribution in [3.05, 3.63) is 78.4 Å². The summed E-state index contributed by atoms with van der Waals surface area (Å²) in [7, 11) is 0. The standard InChI is InChI=1S/C25H26N2O3/c1-18(28)27-21-12-10-19(11-13-21)14-15-26-16-22-17-29-24-9-5-8-23(25(24)30-22)20-6-3-2-4-7-20/h2-13,22,26H,14-17H2,1H3,(H,27,28). The van der Waals surface area contributed by atoms with Crippen LogP contribution < -0.4 is 20.1 Å². The number of hydrogen-bond donors (Lipinski definition) is 2. The van der Waals surface area contributed by atoms with Crippen molar-refractivity contribution in [2.45, 2.75) is 19.4 Å². The van der Waals surface area contributed by atoms with Crippen LogP contribution in [-0.2, 0) is 11.2 Å². The molecular weight excluding hydrogens is 376 g/mol. The summed E-state index contributed by atoms with van der Waals surface area (Å²) in [6.07, 6.45) is 0.865. The summed E-state index contributed by atoms with van der Waals surface area (Å²) in [5.74, 6) is 1.55. The van der Waals surface area contributed by atoms with Gasteiger partial charge in [0.15, 0.2) is 11.5 Å². The summed E-state index contributed by atoms with van der Waals surface area (Å²) in [6, 6.07) is 24.2. The van der Waals surface area contributed by atoms with Crippen molar-refractivity contribution >= 4 is 11.6 Å². The number of anilines is 1. The van der Waals surface area contributed by atoms with E-state index in [9.17, 15) is 4.79 Å². The fraction of sp³-hybridized carbons (Fsp3) is 0.240. The Morgan fingerprint density at radius 2 is 1.80 bits per heavy atom. The van der Waals surface area contributed by atoms with Gasteiger partial charge < -0.3 is 20.1 Å². The Hall–Kier alpha value is -3.31. The molecular formula is C25H26N2O3. The van der Waals surface area contributed by atoms with Crippen molar-refractivity contribution in [2.75, 3.05) is 25.0 Å². The van der Waals surface area contributed by atoms with Crippen LogP contribution in [0.3, 0.4) is 0 Å². The van der Waals surface area contributed by atoms with E-state index in [0.29, 0.717) is 13.2 Å². The molecule has 0 saturated carbocycles. The Morgan fingerprint density at radius 3 is 2.57 bits per heavy atom. The van der Waals surface area contributed by atoms with Crippen LogP contribution in [0.4, 0.5) is 5.69 Å². The molecule has 1 heterocycles. The van der Waals surface area contributed by atoms with Crippen LogP contribution in [0.25, 0.3) is 11.1 Å². The minimum atomic E-state index is -0.0592. The van der Waals surface area contributed by atoms with Crippen LogP contribution in [-0.4, -0.2) is 31.7 Å². The summed E-state index contributed by atoms with van der Waals surface area (Å²) in [5, 5.41) is 6.25. The van der Waals surface area contributed by atoms with Gasteiger partial charge in [0.1, 0.15) is 12.7 Å². The molecule has 5 heteroatoms. The van der Waals surface area contributed by atoms with Gasteiger partial charge in [0.05, 0.1) is 0 Å². The second kappa shape index (κ2) is 9.46. The van der Waals surface area contributed by atoms with Gasteiger partial charge in [-0.25, -0.2) is 0 Å². The molecule has 0 aliphatic carbocycles. The highest BCUT2D eigenvalue weighted by molar-refractivity contribution is 5.88. The zero-order valence-corrected chi connectivity index (χ0v) is 17.1. The number of ether oxygens (including phenoxy) is 2. The smallest absolute Gasteiger partial charge is 0.221 e. The molecule has 0 fully saturated rings. The molecule has 5 nitrogen and oxygen atoms in total. The highest BCUT2D eigenvalue weighted by atomic mass is 16.6. The maximum Gasteiger partial charge on any atom is 0.221 e. The number of fused-ring (bicyclic) bond motifs is 1. The average molecular weight is 402 g/mol. The maximum absolute atomic E-state index is 11.1. The van der Waals surface area contributed by atoms with Crippen molar-refractivity contribution in [1.82, 2.24) is 5.32 Å². The van der Waals surface area contributed by atoms with Crippen LogP contribution in [0.1, 0.15) is 12.5 Å². The van der Waals surface area contributed by atoms with E-state index in [1.54, 1.807) is 0 Å². The topological polar surface area (TPSA) is 59.6 Å². The number of rotatable bonds is 7. The number of hydrogen-bond acceptors (Lipinski definition) is 4. The molecule has 0 bridgehead atoms. The van der Waals surface area contributed by atoms with Crippen LogP contribution in [0.5, 0.6) is 11.5 Å². The zero-order valence-electron chi connectivity index (χ0n) is 17.1. The molecule has 1 atom stereocenters. The van der Waals surface area contributed by atoms with Crippen LogP contribution in [0, 0.1) is 0 Å². The van der Waals surface area contributed by atoms with Gasteiger partial charge >= 0.3 is 0 Å². The second-order valence-electron chi connectivity index (χ2n) is 7.38. The SMILES string of the molecule is CC(=O)Nc1ccc(CCNCC2COc3cccc(-c4ccccc4)c3O2)cc1. The first-order valence-electron chi connectivity index (χ1n) is 10.2. The summed E-state index contributed by atoms with van der Waals surface area (Å²) in [4.78, 5) is 11.1. The minimum absolute atomic E-state index is 0.0375. The fourth-order valence-electron chi connectivity index (χ4n) is 3.53. The fourth-order valence-corrected chi connectivity index (χ4v) is 3.53. The summed E-state index contributed by atoms with van der Waals surface area (Å²) in [6.45, 7) is 3.60. The molecule has 30 heavy (non-hydrogen) atoms. The maximum atomic E-state index is 11.1. The second-order valence-corrected chi connectivity index (χ2v) is 7.38. The Morgan fingerprint density at radius 1 is 1.00 bits per heavy atom. The molecule has 3 aromatic carbocycles. The molecule has 1 aliphatic rings. The van der Waals surface area contributed by atoms with E-state index in [-0.39, 0.29) is 12.0 Å². The van der Waals surface area contributed by atoms with E-state index in [0.717, 1.165) is 41.3 Å². The van der Waals surface area contributed by atoms with E-state index >= 15 is 0 Å². The molecule has 0 radical (unpaired) electrons. The lowest BCUT2D eigenvalue weighted by atomic mass is 10.0. The van der Waals surface area contributed by atoms with Crippen molar-refractivity contribution in [2.24, 2.45) is 0 Å². The molecule has 0 saturated heterocycles. The van der Waals surface area contributed by atoms with Gasteiger partial charge in [-0.05, 0) is 42.3 Å². The number of amides is 1. The first kappa shape index (κ1) is 20.0. The van der Waals surface area contributed by atoms with E-state index in [4.69, 9.17) is 9.47 Å². The van der Waals surface area contributed by atoms with E-state index in [1.165, 1.54) is 12.5 Å². The van der Waals surface area contributed by atoms with Crippen molar-refractivity contribution in [1.29, 1.82) is 0 Å². The van der Waals surface area contributed by atoms with Gasteiger partial charge in [0.2, 0.25) is 5.91 Å². The molecule has 0 aromatic heterocycles. The Kier molecular flexibility index (Phi) is 6.30. The zero-order chi connectivity index (χ0) is 20.8. The quantitative estimate of drug-likeness (QED) is 0.579. The van der Waals surface area contributed by atoms with Gasteiger partial charge in [0.25, 0.3) is 0 Å². The van der Waals surface area contributed by atoms with Crippen LogP contribution >= 0.6 is 0 Å². The van der Waals surface area contributed by atoms with Gasteiger partial charge in [0, 0.05) is 24.7 Å². The summed E-state index contributed by atoms with van der Waals surface area (Å²) in [5.41, 5.74) is 4.21. The number of carbonyl (C=O) groups excluding carboxylic acids is 1. The van der Waals surface area contributed by atoms with Gasteiger partial charge in [-0.3, -0.25) is 4.79 Å². The van der Waals surface area contributed by atoms with Crippen molar-refractivity contribution < 1.29 is 14.3 Å². The molecule has 154 valence electrons. The Labute approximate surface area is 177 Å². The highest BCUT2D eigenvalue weighted by Crippen LogP contribution is 2.40. The first-order valence-corrected chi connectivity index (χ1v) is 10.2. The molecule has 1 unspecified atom stereocenters. The Bertz CT molecular complexity index is 987. The van der Waals surface area contributed by atoms with Crippen LogP contribution in [0.15, 0.2) is 72.8 Å². The van der Waals surface area contributed by atoms with Gasteiger partial charge in [-0.2, -0.15) is 0 Å². The van der Waals surface area contributed by atoms with Gasteiger partial charge in [-0.1, -0.05) is 54.6 Å². The predicted molar refractivity (Wildman–Crippen MR) is 119 cm³/mol. The number of benzene rings is 3. The molecule has 2 N–H and O–H groups in total. The number of carbonyl (C=O) groups is 1.